The maximum Gasteiger partial charge on any atom is 0.260 e. The summed E-state index contributed by atoms with van der Waals surface area (Å²) in [6.45, 7) is 6.49. The number of carbonyl (C=O) groups is 1. The van der Waals surface area contributed by atoms with E-state index in [2.05, 4.69) is 13.0 Å². The fourth-order valence-corrected chi connectivity index (χ4v) is 4.29. The quantitative estimate of drug-likeness (QED) is 0.374. The number of amides is 1. The molecule has 1 heterocycles. The molecule has 4 rings (SSSR count). The second-order valence-corrected chi connectivity index (χ2v) is 8.54. The lowest BCUT2D eigenvalue weighted by Gasteiger charge is -2.20. The minimum absolute atomic E-state index is 0.0780. The van der Waals surface area contributed by atoms with Crippen LogP contribution in [0.3, 0.4) is 0 Å². The highest BCUT2D eigenvalue weighted by molar-refractivity contribution is 7.22. The van der Waals surface area contributed by atoms with E-state index in [1.165, 1.54) is 5.56 Å². The van der Waals surface area contributed by atoms with Crippen LogP contribution in [-0.4, -0.2) is 17.0 Å². The molecule has 0 spiro atoms. The topological polar surface area (TPSA) is 42.4 Å². The number of aromatic nitrogens is 1. The molecule has 1 amide bonds. The van der Waals surface area contributed by atoms with Crippen LogP contribution in [0.5, 0.6) is 5.75 Å². The zero-order chi connectivity index (χ0) is 21.1. The van der Waals surface area contributed by atoms with Crippen molar-refractivity contribution in [1.82, 2.24) is 4.98 Å². The minimum atomic E-state index is -0.0780. The van der Waals surface area contributed by atoms with Crippen LogP contribution in [0.4, 0.5) is 5.13 Å². The molecule has 0 unspecified atom stereocenters. The largest absolute Gasteiger partial charge is 0.491 e. The first-order valence-corrected chi connectivity index (χ1v) is 10.8. The highest BCUT2D eigenvalue weighted by Crippen LogP contribution is 2.31. The van der Waals surface area contributed by atoms with E-state index in [0.29, 0.717) is 17.2 Å². The van der Waals surface area contributed by atoms with Crippen LogP contribution in [-0.2, 0) is 6.54 Å². The predicted octanol–water partition coefficient (Wildman–Crippen LogP) is 6.24. The molecular formula is C25H24N2O2S. The van der Waals surface area contributed by atoms with Crippen LogP contribution >= 0.6 is 11.3 Å². The van der Waals surface area contributed by atoms with Crippen molar-refractivity contribution >= 4 is 32.6 Å². The second-order valence-electron chi connectivity index (χ2n) is 7.54. The molecule has 0 atom stereocenters. The monoisotopic (exact) mass is 416 g/mol. The number of fused-ring (bicyclic) bond motifs is 1. The molecule has 4 nitrogen and oxygen atoms in total. The summed E-state index contributed by atoms with van der Waals surface area (Å²) in [7, 11) is 0. The summed E-state index contributed by atoms with van der Waals surface area (Å²) in [5.74, 6) is 0.678. The lowest BCUT2D eigenvalue weighted by molar-refractivity contribution is 0.0985. The molecule has 0 bridgehead atoms. The molecule has 5 heteroatoms. The molecule has 0 fully saturated rings. The fourth-order valence-electron chi connectivity index (χ4n) is 3.23. The van der Waals surface area contributed by atoms with E-state index in [4.69, 9.17) is 9.72 Å². The molecular weight excluding hydrogens is 392 g/mol. The Bertz CT molecular complexity index is 1150. The van der Waals surface area contributed by atoms with Gasteiger partial charge in [-0.25, -0.2) is 4.98 Å². The SMILES string of the molecule is Cc1ccc2nc(N(Cc3ccccc3)C(=O)c3ccc(OC(C)C)cc3)sc2c1. The van der Waals surface area contributed by atoms with E-state index in [-0.39, 0.29) is 12.0 Å². The Morgan fingerprint density at radius 2 is 1.77 bits per heavy atom. The summed E-state index contributed by atoms with van der Waals surface area (Å²) >= 11 is 1.54. The number of thiazole rings is 1. The predicted molar refractivity (Wildman–Crippen MR) is 124 cm³/mol. The molecule has 4 aromatic rings. The van der Waals surface area contributed by atoms with Crippen LogP contribution in [0.25, 0.3) is 10.2 Å². The van der Waals surface area contributed by atoms with Crippen LogP contribution in [0.15, 0.2) is 72.8 Å². The molecule has 0 saturated carbocycles. The van der Waals surface area contributed by atoms with Gasteiger partial charge in [0.25, 0.3) is 5.91 Å². The van der Waals surface area contributed by atoms with Gasteiger partial charge in [0.15, 0.2) is 5.13 Å². The van der Waals surface area contributed by atoms with E-state index in [1.54, 1.807) is 16.2 Å². The Kier molecular flexibility index (Phi) is 5.81. The Morgan fingerprint density at radius 3 is 2.47 bits per heavy atom. The molecule has 0 aliphatic carbocycles. The maximum atomic E-state index is 13.5. The van der Waals surface area contributed by atoms with Crippen LogP contribution < -0.4 is 9.64 Å². The van der Waals surface area contributed by atoms with Crippen LogP contribution in [0.2, 0.25) is 0 Å². The molecule has 0 aliphatic rings. The van der Waals surface area contributed by atoms with Crippen molar-refractivity contribution in [2.75, 3.05) is 4.90 Å². The van der Waals surface area contributed by atoms with Gasteiger partial charge in [0.2, 0.25) is 0 Å². The lowest BCUT2D eigenvalue weighted by atomic mass is 10.1. The first kappa shape index (κ1) is 20.1. The van der Waals surface area contributed by atoms with Gasteiger partial charge in [0.1, 0.15) is 5.75 Å². The average Bonchev–Trinajstić information content (AvgIpc) is 3.15. The van der Waals surface area contributed by atoms with Crippen molar-refractivity contribution < 1.29 is 9.53 Å². The molecule has 152 valence electrons. The third-order valence-electron chi connectivity index (χ3n) is 4.67. The normalized spacial score (nSPS) is 11.1. The van der Waals surface area contributed by atoms with Crippen molar-refractivity contribution in [3.8, 4) is 5.75 Å². The lowest BCUT2D eigenvalue weighted by Crippen LogP contribution is -2.30. The number of aryl methyl sites for hydroxylation is 1. The van der Waals surface area contributed by atoms with Crippen LogP contribution in [0.1, 0.15) is 35.3 Å². The zero-order valence-electron chi connectivity index (χ0n) is 17.3. The minimum Gasteiger partial charge on any atom is -0.491 e. The van der Waals surface area contributed by atoms with E-state index in [9.17, 15) is 4.79 Å². The Hall–Kier alpha value is -3.18. The first-order chi connectivity index (χ1) is 14.5. The molecule has 0 N–H and O–H groups in total. The third kappa shape index (κ3) is 4.52. The number of benzene rings is 3. The third-order valence-corrected chi connectivity index (χ3v) is 5.71. The molecule has 1 aromatic heterocycles. The number of nitrogens with zero attached hydrogens (tertiary/aromatic N) is 2. The summed E-state index contributed by atoms with van der Waals surface area (Å²) < 4.78 is 6.79. The summed E-state index contributed by atoms with van der Waals surface area (Å²) in [5, 5.41) is 0.701. The van der Waals surface area contributed by atoms with Crippen molar-refractivity contribution in [2.45, 2.75) is 33.4 Å². The highest BCUT2D eigenvalue weighted by atomic mass is 32.1. The Balaban J connectivity index is 1.69. The maximum absolute atomic E-state index is 13.5. The van der Waals surface area contributed by atoms with E-state index >= 15 is 0 Å². The van der Waals surface area contributed by atoms with E-state index in [1.807, 2.05) is 80.6 Å². The van der Waals surface area contributed by atoms with Gasteiger partial charge in [-0.3, -0.25) is 9.69 Å². The number of hydrogen-bond donors (Lipinski definition) is 0. The van der Waals surface area contributed by atoms with E-state index in [0.717, 1.165) is 21.5 Å². The van der Waals surface area contributed by atoms with Crippen molar-refractivity contribution in [3.05, 3.63) is 89.5 Å². The highest BCUT2D eigenvalue weighted by Gasteiger charge is 2.22. The summed E-state index contributed by atoms with van der Waals surface area (Å²) in [5.41, 5.74) is 3.75. The van der Waals surface area contributed by atoms with Gasteiger partial charge in [-0.2, -0.15) is 0 Å². The molecule has 0 saturated heterocycles. The standard InChI is InChI=1S/C25H24N2O2S/c1-17(2)29-21-12-10-20(11-13-21)24(28)27(16-19-7-5-4-6-8-19)25-26-22-14-9-18(3)15-23(22)30-25/h4-15,17H,16H2,1-3H3. The first-order valence-electron chi connectivity index (χ1n) is 9.99. The zero-order valence-corrected chi connectivity index (χ0v) is 18.1. The van der Waals surface area contributed by atoms with Crippen molar-refractivity contribution in [1.29, 1.82) is 0 Å². The fraction of sp³-hybridized carbons (Fsp3) is 0.200. The molecule has 0 aliphatic heterocycles. The van der Waals surface area contributed by atoms with Gasteiger partial charge in [0.05, 0.1) is 22.9 Å². The number of anilines is 1. The second kappa shape index (κ2) is 8.67. The summed E-state index contributed by atoms with van der Waals surface area (Å²) in [6.07, 6.45) is 0.0901. The number of rotatable bonds is 6. The number of carbonyl (C=O) groups excluding carboxylic acids is 1. The van der Waals surface area contributed by atoms with Crippen LogP contribution in [0, 0.1) is 6.92 Å². The smallest absolute Gasteiger partial charge is 0.260 e. The summed E-state index contributed by atoms with van der Waals surface area (Å²) in [4.78, 5) is 20.0. The number of hydrogen-bond acceptors (Lipinski definition) is 4. The average molecular weight is 417 g/mol. The van der Waals surface area contributed by atoms with Crippen molar-refractivity contribution in [2.24, 2.45) is 0 Å². The van der Waals surface area contributed by atoms with Gasteiger partial charge in [0, 0.05) is 5.56 Å². The van der Waals surface area contributed by atoms with Crippen molar-refractivity contribution in [3.63, 3.8) is 0 Å². The summed E-state index contributed by atoms with van der Waals surface area (Å²) in [6, 6.07) is 23.5. The van der Waals surface area contributed by atoms with Gasteiger partial charge in [-0.15, -0.1) is 0 Å². The van der Waals surface area contributed by atoms with E-state index < -0.39 is 0 Å². The van der Waals surface area contributed by atoms with Gasteiger partial charge in [-0.05, 0) is 68.3 Å². The van der Waals surface area contributed by atoms with Gasteiger partial charge >= 0.3 is 0 Å². The van der Waals surface area contributed by atoms with Gasteiger partial charge < -0.3 is 4.74 Å². The molecule has 30 heavy (non-hydrogen) atoms. The number of ether oxygens (including phenoxy) is 1. The Labute approximate surface area is 180 Å². The van der Waals surface area contributed by atoms with Gasteiger partial charge in [-0.1, -0.05) is 47.7 Å². The molecule has 3 aromatic carbocycles. The Morgan fingerprint density at radius 1 is 1.03 bits per heavy atom. The molecule has 0 radical (unpaired) electrons.